The first-order valence-electron chi connectivity index (χ1n) is 4.76. The van der Waals surface area contributed by atoms with Gasteiger partial charge in [-0.2, -0.15) is 0 Å². The van der Waals surface area contributed by atoms with Crippen LogP contribution in [0.4, 0.5) is 0 Å². The average Bonchev–Trinajstić information content (AvgIpc) is 2.17. The Balaban J connectivity index is 2.81. The second-order valence-corrected chi connectivity index (χ2v) is 3.50. The van der Waals surface area contributed by atoms with Gasteiger partial charge in [0.15, 0.2) is 0 Å². The van der Waals surface area contributed by atoms with Crippen LogP contribution in [0.2, 0.25) is 0 Å². The molecule has 2 nitrogen and oxygen atoms in total. The van der Waals surface area contributed by atoms with E-state index in [9.17, 15) is 0 Å². The molecular formula is C11H18N2. The van der Waals surface area contributed by atoms with E-state index >= 15 is 0 Å². The van der Waals surface area contributed by atoms with Crippen molar-refractivity contribution in [2.45, 2.75) is 32.4 Å². The van der Waals surface area contributed by atoms with Gasteiger partial charge in [0.2, 0.25) is 0 Å². The highest BCUT2D eigenvalue weighted by atomic mass is 14.8. The average molecular weight is 178 g/mol. The summed E-state index contributed by atoms with van der Waals surface area (Å²) in [5, 5.41) is 0. The summed E-state index contributed by atoms with van der Waals surface area (Å²) in [6.45, 7) is 4.41. The second-order valence-electron chi connectivity index (χ2n) is 3.50. The monoisotopic (exact) mass is 178 g/mol. The zero-order valence-corrected chi connectivity index (χ0v) is 8.33. The molecule has 72 valence electrons. The number of hydrogen-bond acceptors (Lipinski definition) is 2. The molecule has 0 aliphatic carbocycles. The fraction of sp³-hybridized carbons (Fsp3) is 0.455. The predicted molar refractivity (Wildman–Crippen MR) is 56.3 cm³/mol. The fourth-order valence-corrected chi connectivity index (χ4v) is 1.28. The first-order chi connectivity index (χ1) is 6.15. The van der Waals surface area contributed by atoms with Crippen LogP contribution >= 0.6 is 0 Å². The molecule has 4 N–H and O–H groups in total. The molecule has 1 aromatic rings. The summed E-state index contributed by atoms with van der Waals surface area (Å²) >= 11 is 0. The molecule has 13 heavy (non-hydrogen) atoms. The molecule has 2 heteroatoms. The standard InChI is InChI=1S/C11H18N2/c1-3-8(2)9-4-6-10(7-5-9)11(12)13/h4-8,11H,3,12-13H2,1-2H3. The van der Waals surface area contributed by atoms with Gasteiger partial charge in [-0.15, -0.1) is 0 Å². The number of hydrogen-bond donors (Lipinski definition) is 2. The molecule has 0 amide bonds. The Morgan fingerprint density at radius 2 is 1.54 bits per heavy atom. The lowest BCUT2D eigenvalue weighted by Gasteiger charge is -2.11. The number of benzene rings is 1. The third-order valence-electron chi connectivity index (χ3n) is 2.50. The largest absolute Gasteiger partial charge is 0.312 e. The first-order valence-corrected chi connectivity index (χ1v) is 4.76. The van der Waals surface area contributed by atoms with Gasteiger partial charge in [-0.3, -0.25) is 0 Å². The second kappa shape index (κ2) is 4.40. The molecule has 1 aromatic carbocycles. The van der Waals surface area contributed by atoms with Gasteiger partial charge in [-0.05, 0) is 23.5 Å². The van der Waals surface area contributed by atoms with Crippen molar-refractivity contribution in [1.29, 1.82) is 0 Å². The highest BCUT2D eigenvalue weighted by Crippen LogP contribution is 2.19. The molecule has 0 radical (unpaired) electrons. The molecule has 0 aliphatic rings. The Kier molecular flexibility index (Phi) is 3.46. The van der Waals surface area contributed by atoms with Gasteiger partial charge < -0.3 is 11.5 Å². The maximum atomic E-state index is 5.55. The van der Waals surface area contributed by atoms with Gasteiger partial charge in [-0.1, -0.05) is 38.1 Å². The van der Waals surface area contributed by atoms with Gasteiger partial charge in [0.25, 0.3) is 0 Å². The third-order valence-corrected chi connectivity index (χ3v) is 2.50. The van der Waals surface area contributed by atoms with Crippen LogP contribution in [0.15, 0.2) is 24.3 Å². The lowest BCUT2D eigenvalue weighted by Crippen LogP contribution is -2.19. The highest BCUT2D eigenvalue weighted by Gasteiger charge is 2.03. The van der Waals surface area contributed by atoms with Crippen molar-refractivity contribution in [3.05, 3.63) is 35.4 Å². The summed E-state index contributed by atoms with van der Waals surface area (Å²) < 4.78 is 0. The van der Waals surface area contributed by atoms with Crippen molar-refractivity contribution in [3.8, 4) is 0 Å². The summed E-state index contributed by atoms with van der Waals surface area (Å²) in [6, 6.07) is 8.23. The molecule has 0 aromatic heterocycles. The number of rotatable bonds is 3. The Morgan fingerprint density at radius 1 is 1.08 bits per heavy atom. The van der Waals surface area contributed by atoms with Gasteiger partial charge in [0, 0.05) is 0 Å². The molecule has 0 heterocycles. The zero-order valence-electron chi connectivity index (χ0n) is 8.33. The lowest BCUT2D eigenvalue weighted by molar-refractivity contribution is 0.728. The van der Waals surface area contributed by atoms with E-state index in [0.717, 1.165) is 12.0 Å². The summed E-state index contributed by atoms with van der Waals surface area (Å²) in [5.74, 6) is 0.614. The molecule has 0 spiro atoms. The summed E-state index contributed by atoms with van der Waals surface area (Å²) in [5.41, 5.74) is 13.4. The molecule has 1 atom stereocenters. The predicted octanol–water partition coefficient (Wildman–Crippen LogP) is 2.12. The maximum absolute atomic E-state index is 5.55. The van der Waals surface area contributed by atoms with Crippen molar-refractivity contribution in [2.24, 2.45) is 11.5 Å². The van der Waals surface area contributed by atoms with Crippen molar-refractivity contribution in [3.63, 3.8) is 0 Å². The van der Waals surface area contributed by atoms with Crippen LogP contribution in [0, 0.1) is 0 Å². The minimum absolute atomic E-state index is 0.356. The SMILES string of the molecule is CCC(C)c1ccc(C(N)N)cc1. The van der Waals surface area contributed by atoms with Crippen molar-refractivity contribution in [2.75, 3.05) is 0 Å². The molecule has 0 saturated carbocycles. The van der Waals surface area contributed by atoms with E-state index in [1.165, 1.54) is 5.56 Å². The topological polar surface area (TPSA) is 52.0 Å². The van der Waals surface area contributed by atoms with Gasteiger partial charge in [0.05, 0.1) is 6.17 Å². The van der Waals surface area contributed by atoms with Gasteiger partial charge in [0.1, 0.15) is 0 Å². The normalized spacial score (nSPS) is 13.3. The van der Waals surface area contributed by atoms with Crippen LogP contribution in [0.5, 0.6) is 0 Å². The number of nitrogens with two attached hydrogens (primary N) is 2. The highest BCUT2D eigenvalue weighted by molar-refractivity contribution is 5.26. The van der Waals surface area contributed by atoms with Crippen LogP contribution in [-0.2, 0) is 0 Å². The Labute approximate surface area is 79.9 Å². The first kappa shape index (κ1) is 10.2. The minimum Gasteiger partial charge on any atom is -0.312 e. The Hall–Kier alpha value is -0.860. The minimum atomic E-state index is -0.356. The zero-order chi connectivity index (χ0) is 9.84. The lowest BCUT2D eigenvalue weighted by atomic mass is 9.97. The quantitative estimate of drug-likeness (QED) is 0.696. The van der Waals surface area contributed by atoms with E-state index in [1.807, 2.05) is 12.1 Å². The maximum Gasteiger partial charge on any atom is 0.0784 e. The molecule has 0 saturated heterocycles. The Bertz CT molecular complexity index is 251. The fourth-order valence-electron chi connectivity index (χ4n) is 1.28. The van der Waals surface area contributed by atoms with E-state index in [0.29, 0.717) is 5.92 Å². The molecule has 1 rings (SSSR count). The molecular weight excluding hydrogens is 160 g/mol. The van der Waals surface area contributed by atoms with E-state index in [2.05, 4.69) is 26.0 Å². The molecule has 0 bridgehead atoms. The summed E-state index contributed by atoms with van der Waals surface area (Å²) in [7, 11) is 0. The summed E-state index contributed by atoms with van der Waals surface area (Å²) in [6.07, 6.45) is 0.805. The van der Waals surface area contributed by atoms with E-state index in [1.54, 1.807) is 0 Å². The van der Waals surface area contributed by atoms with Crippen molar-refractivity contribution >= 4 is 0 Å². The smallest absolute Gasteiger partial charge is 0.0784 e. The van der Waals surface area contributed by atoms with Crippen LogP contribution in [0.25, 0.3) is 0 Å². The van der Waals surface area contributed by atoms with Crippen LogP contribution < -0.4 is 11.5 Å². The van der Waals surface area contributed by atoms with Gasteiger partial charge >= 0.3 is 0 Å². The van der Waals surface area contributed by atoms with E-state index in [-0.39, 0.29) is 6.17 Å². The van der Waals surface area contributed by atoms with E-state index in [4.69, 9.17) is 11.5 Å². The Morgan fingerprint density at radius 3 is 1.92 bits per heavy atom. The molecule has 0 fully saturated rings. The van der Waals surface area contributed by atoms with Crippen LogP contribution in [0.3, 0.4) is 0 Å². The van der Waals surface area contributed by atoms with E-state index < -0.39 is 0 Å². The van der Waals surface area contributed by atoms with Crippen LogP contribution in [0.1, 0.15) is 43.5 Å². The third kappa shape index (κ3) is 2.54. The summed E-state index contributed by atoms with van der Waals surface area (Å²) in [4.78, 5) is 0. The van der Waals surface area contributed by atoms with Gasteiger partial charge in [-0.25, -0.2) is 0 Å². The van der Waals surface area contributed by atoms with Crippen LogP contribution in [-0.4, -0.2) is 0 Å². The van der Waals surface area contributed by atoms with Crippen molar-refractivity contribution < 1.29 is 0 Å². The molecule has 0 aliphatic heterocycles. The molecule has 1 unspecified atom stereocenters. The van der Waals surface area contributed by atoms with Crippen molar-refractivity contribution in [1.82, 2.24) is 0 Å².